The fourth-order valence-corrected chi connectivity index (χ4v) is 7.95. The van der Waals surface area contributed by atoms with Gasteiger partial charge in [0.05, 0.1) is 13.2 Å². The van der Waals surface area contributed by atoms with Crippen LogP contribution in [0.3, 0.4) is 0 Å². The van der Waals surface area contributed by atoms with Gasteiger partial charge in [0.1, 0.15) is 0 Å². The Hall–Kier alpha value is -1.22. The van der Waals surface area contributed by atoms with E-state index in [-0.39, 0.29) is 46.1 Å². The molecule has 2 amide bonds. The van der Waals surface area contributed by atoms with E-state index < -0.39 is 0 Å². The summed E-state index contributed by atoms with van der Waals surface area (Å²) in [4.78, 5) is 42.1. The van der Waals surface area contributed by atoms with Crippen LogP contribution in [-0.4, -0.2) is 93.3 Å². The number of carbonyl (C=O) groups is 2. The van der Waals surface area contributed by atoms with Crippen molar-refractivity contribution in [3.8, 4) is 0 Å². The van der Waals surface area contributed by atoms with Gasteiger partial charge in [0.25, 0.3) is 0 Å². The zero-order chi connectivity index (χ0) is 31.9. The van der Waals surface area contributed by atoms with Gasteiger partial charge in [-0.25, -0.2) is 0 Å². The van der Waals surface area contributed by atoms with Crippen LogP contribution in [0, 0.1) is 0 Å². The molecule has 2 aliphatic rings. The summed E-state index contributed by atoms with van der Waals surface area (Å²) < 4.78 is 0. The van der Waals surface area contributed by atoms with Crippen LogP contribution in [-0.2, 0) is 19.3 Å². The van der Waals surface area contributed by atoms with Gasteiger partial charge in [-0.2, -0.15) is 10.1 Å². The van der Waals surface area contributed by atoms with Crippen molar-refractivity contribution in [2.24, 2.45) is 0 Å². The molecule has 0 radical (unpaired) electrons. The minimum Gasteiger partial charge on any atom is -0.343 e. The highest BCUT2D eigenvalue weighted by Crippen LogP contribution is 2.41. The van der Waals surface area contributed by atoms with Crippen molar-refractivity contribution >= 4 is 11.8 Å². The standard InChI is InChI=1S/C34H66N4O4/c1-13-41-37-31(3,4)23-27(24-32(37,5)6)35(11)29(39)21-19-17-15-16-18-20-22-30(40)36(12)28-25-33(7,8)38(42-14-2)34(9,10)26-28/h27-28H,13-26H2,1-12H3. The van der Waals surface area contributed by atoms with Crippen molar-refractivity contribution in [1.29, 1.82) is 0 Å². The van der Waals surface area contributed by atoms with E-state index in [1.165, 1.54) is 0 Å². The molecule has 0 atom stereocenters. The zero-order valence-electron chi connectivity index (χ0n) is 29.5. The molecule has 0 aliphatic carbocycles. The van der Waals surface area contributed by atoms with Gasteiger partial charge in [-0.05, 0) is 108 Å². The molecule has 2 rings (SSSR count). The Morgan fingerprint density at radius 1 is 0.571 bits per heavy atom. The molecule has 0 N–H and O–H groups in total. The SMILES string of the molecule is CCON1C(C)(C)CC(N(C)C(=O)CCCCCCCCC(=O)N(C)C2CC(C)(C)N(OCC)C(C)(C)C2)CC1(C)C. The molecule has 2 aliphatic heterocycles. The Morgan fingerprint density at radius 2 is 0.833 bits per heavy atom. The summed E-state index contributed by atoms with van der Waals surface area (Å²) in [5.41, 5.74) is -0.494. The lowest BCUT2D eigenvalue weighted by molar-refractivity contribution is -0.284. The van der Waals surface area contributed by atoms with Gasteiger partial charge in [0.15, 0.2) is 0 Å². The van der Waals surface area contributed by atoms with Crippen molar-refractivity contribution in [3.63, 3.8) is 0 Å². The van der Waals surface area contributed by atoms with Crippen molar-refractivity contribution in [2.75, 3.05) is 27.3 Å². The summed E-state index contributed by atoms with van der Waals surface area (Å²) in [6.07, 6.45) is 11.1. The molecule has 2 saturated heterocycles. The lowest BCUT2D eigenvalue weighted by Gasteiger charge is -2.55. The number of hydroxylamine groups is 4. The number of carbonyl (C=O) groups excluding carboxylic acids is 2. The molecule has 0 bridgehead atoms. The highest BCUT2D eigenvalue weighted by molar-refractivity contribution is 5.76. The first-order valence-corrected chi connectivity index (χ1v) is 16.8. The van der Waals surface area contributed by atoms with E-state index in [0.29, 0.717) is 26.1 Å². The number of piperidine rings is 2. The molecule has 42 heavy (non-hydrogen) atoms. The van der Waals surface area contributed by atoms with Crippen molar-refractivity contribution in [3.05, 3.63) is 0 Å². The second kappa shape index (κ2) is 15.2. The molecule has 8 heteroatoms. The van der Waals surface area contributed by atoms with Crippen LogP contribution < -0.4 is 0 Å². The maximum atomic E-state index is 13.0. The number of amides is 2. The van der Waals surface area contributed by atoms with Crippen LogP contribution in [0.5, 0.6) is 0 Å². The highest BCUT2D eigenvalue weighted by Gasteiger charge is 2.49. The Labute approximate surface area is 258 Å². The van der Waals surface area contributed by atoms with Crippen LogP contribution >= 0.6 is 0 Å². The van der Waals surface area contributed by atoms with Gasteiger partial charge in [-0.3, -0.25) is 19.3 Å². The molecule has 246 valence electrons. The number of rotatable bonds is 15. The summed E-state index contributed by atoms with van der Waals surface area (Å²) in [6.45, 7) is 23.1. The molecule has 2 heterocycles. The number of hydrogen-bond donors (Lipinski definition) is 0. The lowest BCUT2D eigenvalue weighted by atomic mass is 9.78. The van der Waals surface area contributed by atoms with E-state index in [1.807, 2.05) is 37.7 Å². The fraction of sp³-hybridized carbons (Fsp3) is 0.941. The Balaban J connectivity index is 1.67. The fourth-order valence-electron chi connectivity index (χ4n) is 7.95. The Morgan fingerprint density at radius 3 is 1.10 bits per heavy atom. The van der Waals surface area contributed by atoms with Crippen LogP contribution in [0.4, 0.5) is 0 Å². The van der Waals surface area contributed by atoms with Gasteiger partial charge in [-0.1, -0.05) is 25.7 Å². The normalized spacial score (nSPS) is 22.7. The first-order chi connectivity index (χ1) is 19.4. The third-order valence-electron chi connectivity index (χ3n) is 9.57. The molecule has 0 aromatic rings. The topological polar surface area (TPSA) is 65.6 Å². The van der Waals surface area contributed by atoms with Gasteiger partial charge in [-0.15, -0.1) is 0 Å². The molecule has 0 unspecified atom stereocenters. The van der Waals surface area contributed by atoms with Crippen LogP contribution in [0.1, 0.15) is 146 Å². The third kappa shape index (κ3) is 9.64. The van der Waals surface area contributed by atoms with Crippen molar-refractivity contribution < 1.29 is 19.3 Å². The molecule has 2 fully saturated rings. The van der Waals surface area contributed by atoms with Crippen molar-refractivity contribution in [2.45, 2.75) is 181 Å². The largest absolute Gasteiger partial charge is 0.343 e. The zero-order valence-corrected chi connectivity index (χ0v) is 29.5. The Kier molecular flexibility index (Phi) is 13.4. The molecular formula is C34H66N4O4. The van der Waals surface area contributed by atoms with E-state index in [0.717, 1.165) is 64.2 Å². The molecule has 0 spiro atoms. The van der Waals surface area contributed by atoms with Gasteiger partial charge in [0.2, 0.25) is 11.8 Å². The first kappa shape index (κ1) is 37.0. The maximum absolute atomic E-state index is 13.0. The average Bonchev–Trinajstić information content (AvgIpc) is 2.87. The number of unbranched alkanes of at least 4 members (excludes halogenated alkanes) is 5. The molecule has 0 aromatic heterocycles. The van der Waals surface area contributed by atoms with Crippen LogP contribution in [0.25, 0.3) is 0 Å². The second-order valence-corrected chi connectivity index (χ2v) is 15.4. The molecule has 0 aromatic carbocycles. The summed E-state index contributed by atoms with van der Waals surface area (Å²) in [5, 5.41) is 4.29. The molecular weight excluding hydrogens is 528 g/mol. The summed E-state index contributed by atoms with van der Waals surface area (Å²) in [5.74, 6) is 0.507. The monoisotopic (exact) mass is 595 g/mol. The van der Waals surface area contributed by atoms with E-state index in [1.54, 1.807) is 0 Å². The number of nitrogens with zero attached hydrogens (tertiary/aromatic N) is 4. The molecule has 8 nitrogen and oxygen atoms in total. The van der Waals surface area contributed by atoms with Crippen molar-refractivity contribution in [1.82, 2.24) is 19.9 Å². The molecule has 0 saturated carbocycles. The lowest BCUT2D eigenvalue weighted by Crippen LogP contribution is -2.64. The van der Waals surface area contributed by atoms with E-state index >= 15 is 0 Å². The smallest absolute Gasteiger partial charge is 0.222 e. The minimum absolute atomic E-state index is 0.123. The van der Waals surface area contributed by atoms with Gasteiger partial charge in [0, 0.05) is 61.2 Å². The van der Waals surface area contributed by atoms with Gasteiger partial charge >= 0.3 is 0 Å². The predicted molar refractivity (Wildman–Crippen MR) is 172 cm³/mol. The van der Waals surface area contributed by atoms with Crippen LogP contribution in [0.2, 0.25) is 0 Å². The third-order valence-corrected chi connectivity index (χ3v) is 9.57. The summed E-state index contributed by atoms with van der Waals surface area (Å²) in [7, 11) is 3.96. The van der Waals surface area contributed by atoms with E-state index in [9.17, 15) is 9.59 Å². The van der Waals surface area contributed by atoms with E-state index in [2.05, 4.69) is 65.5 Å². The highest BCUT2D eigenvalue weighted by atomic mass is 16.7. The van der Waals surface area contributed by atoms with Crippen LogP contribution in [0.15, 0.2) is 0 Å². The quantitative estimate of drug-likeness (QED) is 0.191. The predicted octanol–water partition coefficient (Wildman–Crippen LogP) is 6.97. The van der Waals surface area contributed by atoms with E-state index in [4.69, 9.17) is 9.68 Å². The minimum atomic E-state index is -0.123. The maximum Gasteiger partial charge on any atom is 0.222 e. The summed E-state index contributed by atoms with van der Waals surface area (Å²) in [6, 6.07) is 0.452. The first-order valence-electron chi connectivity index (χ1n) is 16.8. The Bertz CT molecular complexity index is 766. The number of hydrogen-bond acceptors (Lipinski definition) is 6. The van der Waals surface area contributed by atoms with Gasteiger partial charge < -0.3 is 9.80 Å². The average molecular weight is 595 g/mol. The second-order valence-electron chi connectivity index (χ2n) is 15.4. The summed E-state index contributed by atoms with van der Waals surface area (Å²) >= 11 is 0.